The smallest absolute Gasteiger partial charge is 0.191 e. The second-order valence-electron chi connectivity index (χ2n) is 4.96. The molecule has 0 unspecified atom stereocenters. The van der Waals surface area contributed by atoms with E-state index in [-0.39, 0.29) is 6.10 Å². The first kappa shape index (κ1) is 14.9. The molecular weight excluding hydrogens is 290 g/mol. The Hall–Kier alpha value is -2.05. The molecule has 0 radical (unpaired) electrons. The number of rotatable bonds is 4. The average molecular weight is 306 g/mol. The summed E-state index contributed by atoms with van der Waals surface area (Å²) in [6, 6.07) is 8.94. The van der Waals surface area contributed by atoms with Crippen molar-refractivity contribution in [3.63, 3.8) is 0 Å². The van der Waals surface area contributed by atoms with Crippen molar-refractivity contribution in [1.82, 2.24) is 10.3 Å². The lowest BCUT2D eigenvalue weighted by Gasteiger charge is -2.31. The van der Waals surface area contributed by atoms with E-state index in [0.29, 0.717) is 18.8 Å². The average Bonchev–Trinajstić information content (AvgIpc) is 2.56. The van der Waals surface area contributed by atoms with Crippen LogP contribution in [0, 0.1) is 11.6 Å². The number of nitrogens with one attached hydrogen (secondary N) is 1. The van der Waals surface area contributed by atoms with Crippen LogP contribution in [-0.4, -0.2) is 30.8 Å². The summed E-state index contributed by atoms with van der Waals surface area (Å²) in [6.07, 6.45) is 0.544. The van der Waals surface area contributed by atoms with Crippen LogP contribution in [0.3, 0.4) is 0 Å². The Morgan fingerprint density at radius 1 is 1.18 bits per heavy atom. The lowest BCUT2D eigenvalue weighted by molar-refractivity contribution is -0.0467. The monoisotopic (exact) mass is 306 g/mol. The Bertz CT molecular complexity index is 599. The summed E-state index contributed by atoms with van der Waals surface area (Å²) in [4.78, 5) is 4.23. The molecule has 0 aliphatic carbocycles. The quantitative estimate of drug-likeness (QED) is 0.942. The zero-order chi connectivity index (χ0) is 15.4. The molecule has 0 bridgehead atoms. The largest absolute Gasteiger partial charge is 0.475 e. The maximum atomic E-state index is 13.9. The third-order valence-electron chi connectivity index (χ3n) is 3.44. The number of ether oxygens (including phenoxy) is 2. The first-order chi connectivity index (χ1) is 10.8. The zero-order valence-electron chi connectivity index (χ0n) is 11.8. The van der Waals surface area contributed by atoms with Crippen LogP contribution in [0.4, 0.5) is 8.78 Å². The topological polar surface area (TPSA) is 43.4 Å². The fraction of sp³-hybridized carbons (Fsp3) is 0.312. The van der Waals surface area contributed by atoms with Crippen LogP contribution >= 0.6 is 0 Å². The van der Waals surface area contributed by atoms with Crippen molar-refractivity contribution in [1.29, 1.82) is 0 Å². The third-order valence-corrected chi connectivity index (χ3v) is 3.44. The van der Waals surface area contributed by atoms with E-state index in [0.717, 1.165) is 18.7 Å². The van der Waals surface area contributed by atoms with Gasteiger partial charge in [0.05, 0.1) is 12.3 Å². The normalized spacial score (nSPS) is 19.6. The fourth-order valence-corrected chi connectivity index (χ4v) is 2.37. The van der Waals surface area contributed by atoms with Gasteiger partial charge in [0.2, 0.25) is 0 Å². The summed E-state index contributed by atoms with van der Waals surface area (Å²) in [6.45, 7) is 1.77. The van der Waals surface area contributed by atoms with E-state index in [1.807, 2.05) is 0 Å². The van der Waals surface area contributed by atoms with Gasteiger partial charge in [0.15, 0.2) is 23.5 Å². The highest BCUT2D eigenvalue weighted by Crippen LogP contribution is 2.30. The summed E-state index contributed by atoms with van der Waals surface area (Å²) in [5, 5.41) is 3.18. The number of nitrogens with zero attached hydrogens (tertiary/aromatic N) is 1. The molecule has 0 amide bonds. The van der Waals surface area contributed by atoms with E-state index in [1.165, 1.54) is 6.07 Å². The first-order valence-corrected chi connectivity index (χ1v) is 7.09. The van der Waals surface area contributed by atoms with E-state index in [9.17, 15) is 8.78 Å². The standard InChI is InChI=1S/C16H16F2N2O2/c17-11-4-3-5-12(18)15(11)22-16(13-6-1-2-7-20-13)14-10-19-8-9-21-14/h1-7,14,16,19H,8-10H2/t14-,16-/m0/s1. The van der Waals surface area contributed by atoms with E-state index in [1.54, 1.807) is 24.4 Å². The Morgan fingerprint density at radius 2 is 2.00 bits per heavy atom. The minimum absolute atomic E-state index is 0.373. The van der Waals surface area contributed by atoms with E-state index in [4.69, 9.17) is 9.47 Å². The van der Waals surface area contributed by atoms with Gasteiger partial charge in [0.25, 0.3) is 0 Å². The number of morpholine rings is 1. The van der Waals surface area contributed by atoms with Gasteiger partial charge < -0.3 is 14.8 Å². The van der Waals surface area contributed by atoms with Crippen LogP contribution in [0.25, 0.3) is 0 Å². The lowest BCUT2D eigenvalue weighted by atomic mass is 10.1. The molecule has 22 heavy (non-hydrogen) atoms. The van der Waals surface area contributed by atoms with Crippen LogP contribution < -0.4 is 10.1 Å². The maximum absolute atomic E-state index is 13.9. The van der Waals surface area contributed by atoms with Crippen molar-refractivity contribution >= 4 is 0 Å². The van der Waals surface area contributed by atoms with Crippen LogP contribution in [0.2, 0.25) is 0 Å². The number of pyridine rings is 1. The van der Waals surface area contributed by atoms with Gasteiger partial charge in [0, 0.05) is 19.3 Å². The van der Waals surface area contributed by atoms with Gasteiger partial charge in [-0.1, -0.05) is 12.1 Å². The molecule has 2 aromatic rings. The number of hydrogen-bond acceptors (Lipinski definition) is 4. The van der Waals surface area contributed by atoms with Gasteiger partial charge in [-0.2, -0.15) is 0 Å². The second-order valence-corrected chi connectivity index (χ2v) is 4.96. The highest BCUT2D eigenvalue weighted by molar-refractivity contribution is 5.27. The summed E-state index contributed by atoms with van der Waals surface area (Å²) in [5.74, 6) is -1.90. The minimum Gasteiger partial charge on any atom is -0.475 e. The Labute approximate surface area is 127 Å². The summed E-state index contributed by atoms with van der Waals surface area (Å²) in [5.41, 5.74) is 0.568. The predicted molar refractivity (Wildman–Crippen MR) is 76.6 cm³/mol. The Balaban J connectivity index is 1.91. The van der Waals surface area contributed by atoms with Crippen LogP contribution in [0.5, 0.6) is 5.75 Å². The molecule has 1 aromatic carbocycles. The Kier molecular flexibility index (Phi) is 4.60. The molecule has 4 nitrogen and oxygen atoms in total. The number of aromatic nitrogens is 1. The van der Waals surface area contributed by atoms with E-state index >= 15 is 0 Å². The molecule has 0 spiro atoms. The van der Waals surface area contributed by atoms with Gasteiger partial charge in [-0.25, -0.2) is 8.78 Å². The molecule has 1 saturated heterocycles. The Morgan fingerprint density at radius 3 is 2.64 bits per heavy atom. The van der Waals surface area contributed by atoms with Crippen LogP contribution in [0.15, 0.2) is 42.6 Å². The van der Waals surface area contributed by atoms with Gasteiger partial charge in [-0.05, 0) is 24.3 Å². The molecule has 1 aromatic heterocycles. The number of halogens is 2. The molecule has 1 aliphatic heterocycles. The zero-order valence-corrected chi connectivity index (χ0v) is 11.8. The number of hydrogen-bond donors (Lipinski definition) is 1. The molecule has 2 atom stereocenters. The molecule has 1 fully saturated rings. The molecule has 0 saturated carbocycles. The molecule has 1 aliphatic rings. The molecular formula is C16H16F2N2O2. The minimum atomic E-state index is -0.746. The van der Waals surface area contributed by atoms with Crippen molar-refractivity contribution in [3.8, 4) is 5.75 Å². The van der Waals surface area contributed by atoms with Gasteiger partial charge in [-0.3, -0.25) is 4.98 Å². The predicted octanol–water partition coefficient (Wildman–Crippen LogP) is 2.47. The maximum Gasteiger partial charge on any atom is 0.191 e. The van der Waals surface area contributed by atoms with Gasteiger partial charge in [0.1, 0.15) is 6.10 Å². The highest BCUT2D eigenvalue weighted by atomic mass is 19.1. The van der Waals surface area contributed by atoms with Gasteiger partial charge in [-0.15, -0.1) is 0 Å². The number of para-hydroxylation sites is 1. The van der Waals surface area contributed by atoms with Crippen LogP contribution in [-0.2, 0) is 4.74 Å². The van der Waals surface area contributed by atoms with E-state index in [2.05, 4.69) is 10.3 Å². The molecule has 1 N–H and O–H groups in total. The van der Waals surface area contributed by atoms with Gasteiger partial charge >= 0.3 is 0 Å². The van der Waals surface area contributed by atoms with Crippen molar-refractivity contribution in [2.75, 3.05) is 19.7 Å². The van der Waals surface area contributed by atoms with Crippen LogP contribution in [0.1, 0.15) is 11.8 Å². The first-order valence-electron chi connectivity index (χ1n) is 7.09. The summed E-state index contributed by atoms with van der Waals surface area (Å²) in [7, 11) is 0. The SMILES string of the molecule is Fc1cccc(F)c1O[C@@H](c1ccccn1)[C@@H]1CNCCO1. The van der Waals surface area contributed by atoms with Crippen molar-refractivity contribution in [2.24, 2.45) is 0 Å². The molecule has 3 rings (SSSR count). The molecule has 6 heteroatoms. The summed E-state index contributed by atoms with van der Waals surface area (Å²) >= 11 is 0. The van der Waals surface area contributed by atoms with Crippen molar-refractivity contribution < 1.29 is 18.3 Å². The molecule has 2 heterocycles. The fourth-order valence-electron chi connectivity index (χ4n) is 2.37. The number of benzene rings is 1. The van der Waals surface area contributed by atoms with Crippen molar-refractivity contribution in [2.45, 2.75) is 12.2 Å². The highest BCUT2D eigenvalue weighted by Gasteiger charge is 2.30. The summed E-state index contributed by atoms with van der Waals surface area (Å²) < 4.78 is 39.0. The third kappa shape index (κ3) is 3.23. The lowest BCUT2D eigenvalue weighted by Crippen LogP contribution is -2.43. The van der Waals surface area contributed by atoms with Crippen molar-refractivity contribution in [3.05, 3.63) is 59.9 Å². The second kappa shape index (κ2) is 6.81. The molecule has 116 valence electrons. The van der Waals surface area contributed by atoms with E-state index < -0.39 is 23.5 Å².